The van der Waals surface area contributed by atoms with Crippen LogP contribution in [0.3, 0.4) is 0 Å². The molecule has 116 valence electrons. The maximum Gasteiger partial charge on any atom is 0.271 e. The van der Waals surface area contributed by atoms with Crippen molar-refractivity contribution in [1.82, 2.24) is 15.3 Å². The van der Waals surface area contributed by atoms with Crippen molar-refractivity contribution < 1.29 is 4.79 Å². The van der Waals surface area contributed by atoms with Crippen LogP contribution < -0.4 is 10.2 Å². The van der Waals surface area contributed by atoms with Crippen LogP contribution in [-0.2, 0) is 6.42 Å². The number of amides is 1. The molecule has 1 heterocycles. The van der Waals surface area contributed by atoms with Gasteiger partial charge in [-0.25, -0.2) is 4.98 Å². The van der Waals surface area contributed by atoms with Crippen LogP contribution in [0.25, 0.3) is 0 Å². The predicted octanol–water partition coefficient (Wildman–Crippen LogP) is 2.21. The van der Waals surface area contributed by atoms with Crippen molar-refractivity contribution in [3.8, 4) is 0 Å². The lowest BCUT2D eigenvalue weighted by Crippen LogP contribution is -2.34. The summed E-state index contributed by atoms with van der Waals surface area (Å²) < 4.78 is 0. The zero-order valence-corrected chi connectivity index (χ0v) is 13.5. The van der Waals surface area contributed by atoms with Crippen molar-refractivity contribution in [1.29, 1.82) is 0 Å². The molecular formula is C17H22N4O. The molecule has 2 rings (SSSR count). The van der Waals surface area contributed by atoms with E-state index in [9.17, 15) is 4.79 Å². The lowest BCUT2D eigenvalue weighted by molar-refractivity contribution is 0.0934. The number of nitrogens with zero attached hydrogens (tertiary/aromatic N) is 3. The van der Waals surface area contributed by atoms with E-state index in [1.807, 2.05) is 27.9 Å². The van der Waals surface area contributed by atoms with E-state index in [-0.39, 0.29) is 11.9 Å². The zero-order valence-electron chi connectivity index (χ0n) is 13.5. The second kappa shape index (κ2) is 7.02. The van der Waals surface area contributed by atoms with E-state index in [1.165, 1.54) is 11.8 Å². The fourth-order valence-electron chi connectivity index (χ4n) is 2.14. The molecular weight excluding hydrogens is 276 g/mol. The average molecular weight is 298 g/mol. The molecule has 0 bridgehead atoms. The summed E-state index contributed by atoms with van der Waals surface area (Å²) in [5.74, 6) is -0.190. The second-order valence-corrected chi connectivity index (χ2v) is 5.68. The number of carbonyl (C=O) groups excluding carboxylic acids is 1. The van der Waals surface area contributed by atoms with Crippen molar-refractivity contribution >= 4 is 11.6 Å². The van der Waals surface area contributed by atoms with Gasteiger partial charge in [-0.1, -0.05) is 12.1 Å². The predicted molar refractivity (Wildman–Crippen MR) is 88.2 cm³/mol. The Labute approximate surface area is 131 Å². The quantitative estimate of drug-likeness (QED) is 0.919. The Bertz CT molecular complexity index is 620. The summed E-state index contributed by atoms with van der Waals surface area (Å²) >= 11 is 0. The largest absolute Gasteiger partial charge is 0.378 e. The standard InChI is InChI=1S/C17H22N4O/c1-12(9-14-5-7-15(8-6-14)21(3)4)20-17(22)16-11-18-13(2)10-19-16/h5-8,10-12H,9H2,1-4H3,(H,20,22)/t12-/m0/s1. The highest BCUT2D eigenvalue weighted by Gasteiger charge is 2.12. The molecule has 0 saturated heterocycles. The third-order valence-corrected chi connectivity index (χ3v) is 3.39. The van der Waals surface area contributed by atoms with E-state index in [4.69, 9.17) is 0 Å². The number of benzene rings is 1. The van der Waals surface area contributed by atoms with E-state index in [1.54, 1.807) is 6.20 Å². The molecule has 0 aliphatic heterocycles. The fourth-order valence-corrected chi connectivity index (χ4v) is 2.14. The molecule has 5 nitrogen and oxygen atoms in total. The van der Waals surface area contributed by atoms with Gasteiger partial charge in [0, 0.05) is 32.0 Å². The van der Waals surface area contributed by atoms with E-state index < -0.39 is 0 Å². The lowest BCUT2D eigenvalue weighted by atomic mass is 10.1. The minimum Gasteiger partial charge on any atom is -0.378 e. The van der Waals surface area contributed by atoms with Crippen LogP contribution in [-0.4, -0.2) is 36.0 Å². The number of aromatic nitrogens is 2. The lowest BCUT2D eigenvalue weighted by Gasteiger charge is -2.16. The molecule has 1 amide bonds. The molecule has 0 aliphatic rings. The molecule has 1 aromatic carbocycles. The molecule has 0 unspecified atom stereocenters. The van der Waals surface area contributed by atoms with Gasteiger partial charge in [-0.2, -0.15) is 0 Å². The van der Waals surface area contributed by atoms with Gasteiger partial charge >= 0.3 is 0 Å². The molecule has 0 saturated carbocycles. The minimum absolute atomic E-state index is 0.0285. The molecule has 0 radical (unpaired) electrons. The number of hydrogen-bond donors (Lipinski definition) is 1. The number of nitrogens with one attached hydrogen (secondary N) is 1. The number of aryl methyl sites for hydroxylation is 1. The fraction of sp³-hybridized carbons (Fsp3) is 0.353. The van der Waals surface area contributed by atoms with Gasteiger partial charge in [0.2, 0.25) is 0 Å². The van der Waals surface area contributed by atoms with Crippen LogP contribution in [0.15, 0.2) is 36.7 Å². The Kier molecular flexibility index (Phi) is 5.09. The Balaban J connectivity index is 1.93. The first-order valence-electron chi connectivity index (χ1n) is 7.31. The van der Waals surface area contributed by atoms with Gasteiger partial charge in [-0.15, -0.1) is 0 Å². The Morgan fingerprint density at radius 3 is 2.41 bits per heavy atom. The van der Waals surface area contributed by atoms with Crippen LogP contribution in [0.5, 0.6) is 0 Å². The highest BCUT2D eigenvalue weighted by Crippen LogP contribution is 2.13. The van der Waals surface area contributed by atoms with Gasteiger partial charge in [0.15, 0.2) is 0 Å². The monoisotopic (exact) mass is 298 g/mol. The van der Waals surface area contributed by atoms with Gasteiger partial charge in [0.1, 0.15) is 5.69 Å². The maximum absolute atomic E-state index is 12.1. The summed E-state index contributed by atoms with van der Waals surface area (Å²) in [5, 5.41) is 2.95. The van der Waals surface area contributed by atoms with Crippen LogP contribution >= 0.6 is 0 Å². The first-order chi connectivity index (χ1) is 10.5. The van der Waals surface area contributed by atoms with E-state index in [2.05, 4.69) is 44.5 Å². The third-order valence-electron chi connectivity index (χ3n) is 3.39. The molecule has 0 spiro atoms. The smallest absolute Gasteiger partial charge is 0.271 e. The van der Waals surface area contributed by atoms with Crippen molar-refractivity contribution in [2.24, 2.45) is 0 Å². The van der Waals surface area contributed by atoms with Gasteiger partial charge in [0.25, 0.3) is 5.91 Å². The molecule has 2 aromatic rings. The van der Waals surface area contributed by atoms with Crippen LogP contribution in [0.4, 0.5) is 5.69 Å². The summed E-state index contributed by atoms with van der Waals surface area (Å²) in [6.45, 7) is 3.83. The first kappa shape index (κ1) is 15.9. The zero-order chi connectivity index (χ0) is 16.1. The Morgan fingerprint density at radius 2 is 1.86 bits per heavy atom. The normalized spacial score (nSPS) is 11.8. The van der Waals surface area contributed by atoms with Gasteiger partial charge in [0.05, 0.1) is 11.9 Å². The number of rotatable bonds is 5. The van der Waals surface area contributed by atoms with Gasteiger partial charge < -0.3 is 10.2 Å². The van der Waals surface area contributed by atoms with Crippen molar-refractivity contribution in [3.63, 3.8) is 0 Å². The number of hydrogen-bond acceptors (Lipinski definition) is 4. The number of anilines is 1. The van der Waals surface area contributed by atoms with E-state index in [0.717, 1.165) is 17.8 Å². The van der Waals surface area contributed by atoms with Gasteiger partial charge in [-0.05, 0) is 38.0 Å². The first-order valence-corrected chi connectivity index (χ1v) is 7.31. The van der Waals surface area contributed by atoms with E-state index >= 15 is 0 Å². The summed E-state index contributed by atoms with van der Waals surface area (Å²) in [6, 6.07) is 8.36. The van der Waals surface area contributed by atoms with E-state index in [0.29, 0.717) is 5.69 Å². The van der Waals surface area contributed by atoms with Crippen molar-refractivity contribution in [2.75, 3.05) is 19.0 Å². The summed E-state index contributed by atoms with van der Waals surface area (Å²) in [5.41, 5.74) is 3.50. The summed E-state index contributed by atoms with van der Waals surface area (Å²) in [6.07, 6.45) is 3.88. The molecule has 1 N–H and O–H groups in total. The van der Waals surface area contributed by atoms with Crippen LogP contribution in [0.1, 0.15) is 28.7 Å². The number of carbonyl (C=O) groups is 1. The minimum atomic E-state index is -0.190. The molecule has 1 atom stereocenters. The summed E-state index contributed by atoms with van der Waals surface area (Å²) in [7, 11) is 4.03. The third kappa shape index (κ3) is 4.28. The van der Waals surface area contributed by atoms with Crippen molar-refractivity contribution in [2.45, 2.75) is 26.3 Å². The van der Waals surface area contributed by atoms with Crippen LogP contribution in [0, 0.1) is 6.92 Å². The molecule has 22 heavy (non-hydrogen) atoms. The molecule has 0 aliphatic carbocycles. The van der Waals surface area contributed by atoms with Gasteiger partial charge in [-0.3, -0.25) is 9.78 Å². The molecule has 1 aromatic heterocycles. The highest BCUT2D eigenvalue weighted by molar-refractivity contribution is 5.92. The summed E-state index contributed by atoms with van der Waals surface area (Å²) in [4.78, 5) is 22.3. The Morgan fingerprint density at radius 1 is 1.18 bits per heavy atom. The van der Waals surface area contributed by atoms with Crippen molar-refractivity contribution in [3.05, 3.63) is 53.6 Å². The van der Waals surface area contributed by atoms with Crippen LogP contribution in [0.2, 0.25) is 0 Å². The molecule has 0 fully saturated rings. The molecule has 5 heteroatoms. The SMILES string of the molecule is Cc1cnc(C(=O)N[C@@H](C)Cc2ccc(N(C)C)cc2)cn1. The topological polar surface area (TPSA) is 58.1 Å². The average Bonchev–Trinajstić information content (AvgIpc) is 2.48. The second-order valence-electron chi connectivity index (χ2n) is 5.68. The highest BCUT2D eigenvalue weighted by atomic mass is 16.1. The maximum atomic E-state index is 12.1. The Hall–Kier alpha value is -2.43.